The Balaban J connectivity index is 0.848. The number of hydrogen-bond donors (Lipinski definition) is 4. The molecule has 19 heteroatoms. The number of carbonyl (C=O) groups excluding carboxylic acids is 1. The number of aliphatic hydroxyl groups is 1. The number of anilines is 2. The Morgan fingerprint density at radius 3 is 2.47 bits per heavy atom. The minimum atomic E-state index is -4.62. The lowest BCUT2D eigenvalue weighted by molar-refractivity contribution is -0.384. The quantitative estimate of drug-likeness (QED) is 0.0496. The second kappa shape index (κ2) is 20.9. The Bertz CT molecular complexity index is 3220. The predicted molar refractivity (Wildman–Crippen MR) is 289 cm³/mol. The number of methoxy groups -OCH3 is 2. The number of halogens is 1. The van der Waals surface area contributed by atoms with Crippen LogP contribution in [0.1, 0.15) is 98.3 Å². The first-order valence-electron chi connectivity index (χ1n) is 25.7. The number of sulfonamides is 1. The summed E-state index contributed by atoms with van der Waals surface area (Å²) < 4.78 is 47.4. The molecule has 4 N–H and O–H groups in total. The highest BCUT2D eigenvalue weighted by atomic mass is 35.5. The van der Waals surface area contributed by atoms with Crippen molar-refractivity contribution in [3.63, 3.8) is 0 Å². The van der Waals surface area contributed by atoms with Gasteiger partial charge < -0.3 is 34.5 Å². The zero-order valence-electron chi connectivity index (χ0n) is 43.0. The molecule has 396 valence electrons. The zero-order chi connectivity index (χ0) is 52.8. The molecule has 4 aromatic carbocycles. The number of rotatable bonds is 17. The van der Waals surface area contributed by atoms with Crippen LogP contribution in [0.15, 0.2) is 102 Å². The van der Waals surface area contributed by atoms with Crippen molar-refractivity contribution in [3.05, 3.63) is 135 Å². The number of nitrogens with one attached hydrogen (secondary N) is 3. The average molecular weight is 1060 g/mol. The van der Waals surface area contributed by atoms with E-state index in [9.17, 15) is 28.4 Å². The standard InChI is InChI=1S/C56H65ClN8O9S/c1-35(2)42-8-6-7-9-43(42)49-32-62(31-37-10-15-50(72-4)52(22-37)73-5)20-21-64(49)39-26-56(27-39)33-63(34-56)38-11-13-44(51(23-38)74-40-24-45-46(57)30-60-53(45)59-29-40)54(66)61-75(70,71)41-12-14-47(48(25-41)65(68)69)58-28-36-16-18-55(3,67)19-17-36/h6-15,22-25,29-30,35-36,39,49,58,67H,16-21,26-28,31-34H2,1-5H3,(H,59,60)(H,61,66). The number of ether oxygens (including phenoxy) is 3. The summed E-state index contributed by atoms with van der Waals surface area (Å²) in [7, 11) is -1.30. The molecular weight excluding hydrogens is 996 g/mol. The molecule has 2 aliphatic heterocycles. The first-order chi connectivity index (χ1) is 35.9. The average Bonchev–Trinajstić information content (AvgIpc) is 3.75. The number of benzene rings is 4. The van der Waals surface area contributed by atoms with Gasteiger partial charge in [0.15, 0.2) is 11.5 Å². The number of nitro benzene ring substituents is 1. The van der Waals surface area contributed by atoms with Crippen molar-refractivity contribution in [1.82, 2.24) is 24.5 Å². The van der Waals surface area contributed by atoms with Gasteiger partial charge in [-0.1, -0.05) is 55.8 Å². The second-order valence-corrected chi connectivity index (χ2v) is 23.6. The SMILES string of the molecule is COc1ccc(CN2CCN(C3CC4(C3)CN(c3ccc(C(=O)NS(=O)(=O)c5ccc(NCC6CCC(C)(O)CC6)c([N+](=O)[O-])c5)c(Oc5cnc6[nH]cc(Cl)c6c5)c3)C4)C(c3ccccc3C(C)C)C2)cc1OC. The Morgan fingerprint density at radius 2 is 1.73 bits per heavy atom. The summed E-state index contributed by atoms with van der Waals surface area (Å²) >= 11 is 6.44. The Hall–Kier alpha value is -6.44. The van der Waals surface area contributed by atoms with Crippen LogP contribution in [0.4, 0.5) is 17.1 Å². The summed E-state index contributed by atoms with van der Waals surface area (Å²) in [6.45, 7) is 11.9. The molecule has 2 saturated carbocycles. The topological polar surface area (TPSA) is 205 Å². The van der Waals surface area contributed by atoms with Crippen molar-refractivity contribution < 1.29 is 37.5 Å². The molecule has 1 unspecified atom stereocenters. The van der Waals surface area contributed by atoms with Crippen LogP contribution in [0.3, 0.4) is 0 Å². The van der Waals surface area contributed by atoms with E-state index in [4.69, 9.17) is 25.8 Å². The molecule has 2 saturated heterocycles. The zero-order valence-corrected chi connectivity index (χ0v) is 44.5. The summed E-state index contributed by atoms with van der Waals surface area (Å²) in [5.74, 6) is 1.38. The van der Waals surface area contributed by atoms with E-state index < -0.39 is 37.0 Å². The van der Waals surface area contributed by atoms with E-state index in [-0.39, 0.29) is 40.1 Å². The number of fused-ring (bicyclic) bond motifs is 1. The number of amides is 1. The fraction of sp³-hybridized carbons (Fsp3) is 0.429. The second-order valence-electron chi connectivity index (χ2n) is 21.6. The third-order valence-electron chi connectivity index (χ3n) is 15.9. The van der Waals surface area contributed by atoms with Gasteiger partial charge in [-0.05, 0) is 116 Å². The van der Waals surface area contributed by atoms with Crippen LogP contribution in [0.2, 0.25) is 5.02 Å². The lowest BCUT2D eigenvalue weighted by atomic mass is 9.59. The molecule has 1 amide bonds. The number of aromatic amines is 1. The van der Waals surface area contributed by atoms with Crippen LogP contribution in [0.5, 0.6) is 23.0 Å². The molecule has 2 aromatic heterocycles. The maximum absolute atomic E-state index is 14.1. The number of nitrogens with zero attached hydrogens (tertiary/aromatic N) is 5. The molecule has 17 nitrogen and oxygen atoms in total. The van der Waals surface area contributed by atoms with Crippen LogP contribution in [-0.4, -0.2) is 109 Å². The molecule has 10 rings (SSSR count). The van der Waals surface area contributed by atoms with E-state index in [1.807, 2.05) is 6.07 Å². The molecule has 0 bridgehead atoms. The predicted octanol–water partition coefficient (Wildman–Crippen LogP) is 10.1. The highest BCUT2D eigenvalue weighted by Crippen LogP contribution is 2.54. The fourth-order valence-electron chi connectivity index (χ4n) is 11.8. The van der Waals surface area contributed by atoms with Gasteiger partial charge in [-0.2, -0.15) is 0 Å². The molecule has 4 fully saturated rings. The van der Waals surface area contributed by atoms with Gasteiger partial charge in [-0.3, -0.25) is 24.7 Å². The van der Waals surface area contributed by atoms with Crippen molar-refractivity contribution in [2.24, 2.45) is 11.3 Å². The van der Waals surface area contributed by atoms with Crippen LogP contribution >= 0.6 is 11.6 Å². The molecule has 75 heavy (non-hydrogen) atoms. The van der Waals surface area contributed by atoms with E-state index in [1.165, 1.54) is 41.1 Å². The number of carbonyl (C=O) groups is 1. The maximum atomic E-state index is 14.1. The number of H-pyrrole nitrogens is 1. The van der Waals surface area contributed by atoms with Crippen LogP contribution in [0, 0.1) is 21.4 Å². The van der Waals surface area contributed by atoms with Crippen molar-refractivity contribution >= 4 is 55.6 Å². The van der Waals surface area contributed by atoms with Crippen molar-refractivity contribution in [2.45, 2.75) is 94.3 Å². The highest BCUT2D eigenvalue weighted by molar-refractivity contribution is 7.90. The first kappa shape index (κ1) is 52.0. The van der Waals surface area contributed by atoms with E-state index in [2.05, 4.69) is 85.0 Å². The van der Waals surface area contributed by atoms with E-state index in [0.717, 1.165) is 82.5 Å². The number of hydrogen-bond acceptors (Lipinski definition) is 14. The third-order valence-corrected chi connectivity index (χ3v) is 17.6. The summed E-state index contributed by atoms with van der Waals surface area (Å²) in [5, 5.41) is 26.7. The van der Waals surface area contributed by atoms with Gasteiger partial charge >= 0.3 is 0 Å². The van der Waals surface area contributed by atoms with Gasteiger partial charge in [0.1, 0.15) is 22.8 Å². The fourth-order valence-corrected chi connectivity index (χ4v) is 12.9. The van der Waals surface area contributed by atoms with E-state index >= 15 is 0 Å². The van der Waals surface area contributed by atoms with Crippen LogP contribution < -0.4 is 29.1 Å². The van der Waals surface area contributed by atoms with Gasteiger partial charge in [0.2, 0.25) is 0 Å². The van der Waals surface area contributed by atoms with E-state index in [1.54, 1.807) is 45.5 Å². The highest BCUT2D eigenvalue weighted by Gasteiger charge is 2.55. The van der Waals surface area contributed by atoms with Crippen LogP contribution in [-0.2, 0) is 16.6 Å². The number of nitro groups is 1. The van der Waals surface area contributed by atoms with Crippen molar-refractivity contribution in [1.29, 1.82) is 0 Å². The minimum Gasteiger partial charge on any atom is -0.493 e. The molecule has 4 aliphatic rings. The monoisotopic (exact) mass is 1060 g/mol. The Kier molecular flexibility index (Phi) is 14.5. The summed E-state index contributed by atoms with van der Waals surface area (Å²) in [6, 6.07) is 25.9. The van der Waals surface area contributed by atoms with Gasteiger partial charge in [-0.15, -0.1) is 0 Å². The Labute approximate surface area is 442 Å². The molecule has 4 heterocycles. The smallest absolute Gasteiger partial charge is 0.293 e. The molecule has 1 spiro atoms. The normalized spacial score (nSPS) is 21.1. The van der Waals surface area contributed by atoms with Gasteiger partial charge in [0, 0.05) is 92.7 Å². The first-order valence-corrected chi connectivity index (χ1v) is 27.6. The van der Waals surface area contributed by atoms with Crippen molar-refractivity contribution in [2.75, 3.05) is 63.7 Å². The summed E-state index contributed by atoms with van der Waals surface area (Å²) in [4.78, 5) is 40.3. The minimum absolute atomic E-state index is 0.0706. The van der Waals surface area contributed by atoms with Crippen molar-refractivity contribution in [3.8, 4) is 23.0 Å². The number of pyridine rings is 1. The molecule has 1 atom stereocenters. The van der Waals surface area contributed by atoms with Gasteiger partial charge in [0.05, 0.1) is 46.4 Å². The largest absolute Gasteiger partial charge is 0.493 e. The van der Waals surface area contributed by atoms with Gasteiger partial charge in [-0.25, -0.2) is 18.1 Å². The Morgan fingerprint density at radius 1 is 0.973 bits per heavy atom. The molecular formula is C56H65ClN8O9S. The van der Waals surface area contributed by atoms with E-state index in [0.29, 0.717) is 53.2 Å². The molecule has 6 aromatic rings. The lowest BCUT2D eigenvalue weighted by Crippen LogP contribution is -2.68. The summed E-state index contributed by atoms with van der Waals surface area (Å²) in [6.07, 6.45) is 7.95. The third kappa shape index (κ3) is 11.0. The van der Waals surface area contributed by atoms with Gasteiger partial charge in [0.25, 0.3) is 21.6 Å². The number of aromatic nitrogens is 2. The van der Waals surface area contributed by atoms with Crippen LogP contribution in [0.25, 0.3) is 11.0 Å². The summed E-state index contributed by atoms with van der Waals surface area (Å²) in [5.41, 5.74) is 4.31. The molecule has 2 aliphatic carbocycles. The number of piperazine rings is 1. The lowest BCUT2D eigenvalue weighted by Gasteiger charge is -2.63. The molecule has 0 radical (unpaired) electrons. The maximum Gasteiger partial charge on any atom is 0.293 e.